The summed E-state index contributed by atoms with van der Waals surface area (Å²) in [6.45, 7) is 8.86. The van der Waals surface area contributed by atoms with Crippen LogP contribution in [0.5, 0.6) is 0 Å². The maximum absolute atomic E-state index is 12.5. The number of aliphatic imine (C=N–C) groups is 1. The van der Waals surface area contributed by atoms with Gasteiger partial charge in [-0.1, -0.05) is 20.8 Å². The van der Waals surface area contributed by atoms with E-state index in [2.05, 4.69) is 41.4 Å². The van der Waals surface area contributed by atoms with Crippen molar-refractivity contribution in [2.75, 3.05) is 26.7 Å². The quantitative estimate of drug-likeness (QED) is 0.526. The average Bonchev–Trinajstić information content (AvgIpc) is 3.16. The van der Waals surface area contributed by atoms with Crippen molar-refractivity contribution >= 4 is 23.2 Å². The van der Waals surface area contributed by atoms with Gasteiger partial charge in [-0.25, -0.2) is 4.98 Å². The molecule has 6 nitrogen and oxygen atoms in total. The van der Waals surface area contributed by atoms with Gasteiger partial charge in [0, 0.05) is 56.1 Å². The molecule has 1 amide bonds. The first kappa shape index (κ1) is 21.7. The van der Waals surface area contributed by atoms with Gasteiger partial charge in [0.05, 0.1) is 5.01 Å². The third-order valence-electron chi connectivity index (χ3n) is 5.29. The number of hydrogen-bond donors (Lipinski definition) is 2. The number of nitrogens with zero attached hydrogens (tertiary/aromatic N) is 3. The van der Waals surface area contributed by atoms with E-state index in [9.17, 15) is 4.79 Å². The monoisotopic (exact) mass is 393 g/mol. The number of carbonyl (C=O) groups is 1. The summed E-state index contributed by atoms with van der Waals surface area (Å²) in [4.78, 5) is 24.7. The van der Waals surface area contributed by atoms with E-state index in [-0.39, 0.29) is 5.92 Å². The molecule has 1 aromatic heterocycles. The second kappa shape index (κ2) is 11.3. The lowest BCUT2D eigenvalue weighted by Gasteiger charge is -2.34. The average molecular weight is 394 g/mol. The second-order valence-corrected chi connectivity index (χ2v) is 8.28. The fourth-order valence-electron chi connectivity index (χ4n) is 3.44. The number of rotatable bonds is 8. The smallest absolute Gasteiger partial charge is 0.225 e. The predicted molar refractivity (Wildman–Crippen MR) is 113 cm³/mol. The van der Waals surface area contributed by atoms with Crippen molar-refractivity contribution in [3.8, 4) is 0 Å². The molecule has 1 fully saturated rings. The lowest BCUT2D eigenvalue weighted by Crippen LogP contribution is -2.50. The lowest BCUT2D eigenvalue weighted by atomic mass is 9.98. The molecule has 27 heavy (non-hydrogen) atoms. The van der Waals surface area contributed by atoms with Crippen LogP contribution in [-0.4, -0.2) is 54.5 Å². The minimum absolute atomic E-state index is 0.183. The van der Waals surface area contributed by atoms with Gasteiger partial charge >= 0.3 is 0 Å². The predicted octanol–water partition coefficient (Wildman–Crippen LogP) is 2.84. The molecule has 152 valence electrons. The molecule has 0 unspecified atom stereocenters. The van der Waals surface area contributed by atoms with Crippen LogP contribution in [0.25, 0.3) is 0 Å². The molecule has 2 N–H and O–H groups in total. The van der Waals surface area contributed by atoms with Crippen molar-refractivity contribution in [2.24, 2.45) is 10.9 Å². The SMILES string of the molecule is CCc1cnc(CCNC(=NC)NC2CCN(C(=O)C(CC)CC)CC2)s1. The fourth-order valence-corrected chi connectivity index (χ4v) is 4.31. The number of amides is 1. The number of piperidine rings is 1. The summed E-state index contributed by atoms with van der Waals surface area (Å²) in [6.07, 6.45) is 7.74. The number of hydrogen-bond acceptors (Lipinski definition) is 4. The molecule has 0 aliphatic carbocycles. The van der Waals surface area contributed by atoms with Gasteiger partial charge in [0.15, 0.2) is 5.96 Å². The van der Waals surface area contributed by atoms with E-state index in [0.29, 0.717) is 11.9 Å². The molecule has 2 rings (SSSR count). The van der Waals surface area contributed by atoms with Crippen LogP contribution in [0.4, 0.5) is 0 Å². The molecule has 1 aliphatic heterocycles. The van der Waals surface area contributed by atoms with Gasteiger partial charge in [0.25, 0.3) is 0 Å². The van der Waals surface area contributed by atoms with Crippen LogP contribution in [0.3, 0.4) is 0 Å². The van der Waals surface area contributed by atoms with Crippen molar-refractivity contribution in [3.63, 3.8) is 0 Å². The molecule has 1 aliphatic rings. The number of thiazole rings is 1. The van der Waals surface area contributed by atoms with E-state index >= 15 is 0 Å². The lowest BCUT2D eigenvalue weighted by molar-refractivity contribution is -0.136. The molecule has 1 saturated heterocycles. The van der Waals surface area contributed by atoms with Crippen molar-refractivity contribution in [3.05, 3.63) is 16.1 Å². The normalized spacial score (nSPS) is 16.0. The topological polar surface area (TPSA) is 69.6 Å². The Morgan fingerprint density at radius 1 is 1.33 bits per heavy atom. The molecular weight excluding hydrogens is 358 g/mol. The Bertz CT molecular complexity index is 603. The van der Waals surface area contributed by atoms with Gasteiger partial charge in [0.1, 0.15) is 0 Å². The van der Waals surface area contributed by atoms with E-state index in [1.165, 1.54) is 9.88 Å². The summed E-state index contributed by atoms with van der Waals surface area (Å²) >= 11 is 1.79. The Morgan fingerprint density at radius 2 is 2.04 bits per heavy atom. The zero-order valence-corrected chi connectivity index (χ0v) is 18.1. The Balaban J connectivity index is 1.72. The number of nitrogens with one attached hydrogen (secondary N) is 2. The van der Waals surface area contributed by atoms with Crippen LogP contribution in [0.1, 0.15) is 56.3 Å². The minimum atomic E-state index is 0.183. The maximum atomic E-state index is 12.5. The summed E-state index contributed by atoms with van der Waals surface area (Å²) < 4.78 is 0. The zero-order chi connectivity index (χ0) is 19.6. The van der Waals surface area contributed by atoms with Crippen LogP contribution in [0.15, 0.2) is 11.2 Å². The first-order valence-corrected chi connectivity index (χ1v) is 11.1. The van der Waals surface area contributed by atoms with Gasteiger partial charge in [-0.15, -0.1) is 11.3 Å². The Labute approximate surface area is 167 Å². The van der Waals surface area contributed by atoms with E-state index in [4.69, 9.17) is 0 Å². The molecule has 0 saturated carbocycles. The van der Waals surface area contributed by atoms with E-state index < -0.39 is 0 Å². The van der Waals surface area contributed by atoms with E-state index in [1.807, 2.05) is 11.1 Å². The Morgan fingerprint density at radius 3 is 2.59 bits per heavy atom. The van der Waals surface area contributed by atoms with Crippen molar-refractivity contribution in [1.29, 1.82) is 0 Å². The van der Waals surface area contributed by atoms with Crippen molar-refractivity contribution in [1.82, 2.24) is 20.5 Å². The molecule has 0 atom stereocenters. The van der Waals surface area contributed by atoms with Gasteiger partial charge in [-0.3, -0.25) is 9.79 Å². The van der Waals surface area contributed by atoms with Gasteiger partial charge in [-0.2, -0.15) is 0 Å². The number of carbonyl (C=O) groups excluding carboxylic acids is 1. The highest BCUT2D eigenvalue weighted by atomic mass is 32.1. The van der Waals surface area contributed by atoms with Gasteiger partial charge < -0.3 is 15.5 Å². The Kier molecular flexibility index (Phi) is 9.04. The highest BCUT2D eigenvalue weighted by molar-refractivity contribution is 7.11. The first-order chi connectivity index (χ1) is 13.1. The van der Waals surface area contributed by atoms with Gasteiger partial charge in [-0.05, 0) is 32.1 Å². The maximum Gasteiger partial charge on any atom is 0.225 e. The molecule has 0 spiro atoms. The molecule has 2 heterocycles. The summed E-state index contributed by atoms with van der Waals surface area (Å²) in [6, 6.07) is 0.369. The van der Waals surface area contributed by atoms with Crippen LogP contribution in [0, 0.1) is 5.92 Å². The minimum Gasteiger partial charge on any atom is -0.356 e. The third kappa shape index (κ3) is 6.48. The largest absolute Gasteiger partial charge is 0.356 e. The molecule has 7 heteroatoms. The second-order valence-electron chi connectivity index (χ2n) is 7.08. The highest BCUT2D eigenvalue weighted by Crippen LogP contribution is 2.17. The third-order valence-corrected chi connectivity index (χ3v) is 6.49. The van der Waals surface area contributed by atoms with E-state index in [1.54, 1.807) is 18.4 Å². The first-order valence-electron chi connectivity index (χ1n) is 10.3. The van der Waals surface area contributed by atoms with Crippen LogP contribution < -0.4 is 10.6 Å². The highest BCUT2D eigenvalue weighted by Gasteiger charge is 2.26. The Hall–Kier alpha value is -1.63. The molecular formula is C20H35N5OS. The summed E-state index contributed by atoms with van der Waals surface area (Å²) in [5.41, 5.74) is 0. The zero-order valence-electron chi connectivity index (χ0n) is 17.3. The van der Waals surface area contributed by atoms with Crippen molar-refractivity contribution in [2.45, 2.75) is 65.3 Å². The van der Waals surface area contributed by atoms with Crippen LogP contribution >= 0.6 is 11.3 Å². The summed E-state index contributed by atoms with van der Waals surface area (Å²) in [7, 11) is 1.81. The standard InChI is InChI=1S/C20H35N5OS/c1-5-15(6-2)19(26)25-12-9-16(10-13-25)24-20(21-4)22-11-8-18-23-14-17(7-3)27-18/h14-16H,5-13H2,1-4H3,(H2,21,22,24). The van der Waals surface area contributed by atoms with E-state index in [0.717, 1.165) is 64.1 Å². The number of likely N-dealkylation sites (tertiary alicyclic amines) is 1. The molecule has 1 aromatic rings. The van der Waals surface area contributed by atoms with Crippen LogP contribution in [-0.2, 0) is 17.6 Å². The number of guanidine groups is 1. The number of aromatic nitrogens is 1. The van der Waals surface area contributed by atoms with Gasteiger partial charge in [0.2, 0.25) is 5.91 Å². The summed E-state index contributed by atoms with van der Waals surface area (Å²) in [5, 5.41) is 8.07. The number of aryl methyl sites for hydroxylation is 1. The molecule has 0 bridgehead atoms. The molecule has 0 aromatic carbocycles. The van der Waals surface area contributed by atoms with Crippen molar-refractivity contribution < 1.29 is 4.79 Å². The fraction of sp³-hybridized carbons (Fsp3) is 0.750. The summed E-state index contributed by atoms with van der Waals surface area (Å²) in [5.74, 6) is 1.35. The molecule has 0 radical (unpaired) electrons. The van der Waals surface area contributed by atoms with Crippen LogP contribution in [0.2, 0.25) is 0 Å².